The lowest BCUT2D eigenvalue weighted by Gasteiger charge is -2.51. The van der Waals surface area contributed by atoms with Crippen molar-refractivity contribution >= 4 is 11.8 Å². The Morgan fingerprint density at radius 1 is 1.15 bits per heavy atom. The highest BCUT2D eigenvalue weighted by Gasteiger charge is 2.46. The van der Waals surface area contributed by atoms with E-state index in [0.29, 0.717) is 5.92 Å². The van der Waals surface area contributed by atoms with Gasteiger partial charge in [0.05, 0.1) is 5.60 Å². The molecule has 20 heavy (non-hydrogen) atoms. The van der Waals surface area contributed by atoms with E-state index in [2.05, 4.69) is 18.7 Å². The van der Waals surface area contributed by atoms with Crippen LogP contribution in [0.4, 0.5) is 0 Å². The Balaban J connectivity index is 1.69. The fraction of sp³-hybridized carbons (Fsp3) is 1.00. The maximum absolute atomic E-state index is 6.93. The first-order chi connectivity index (χ1) is 9.66. The van der Waals surface area contributed by atoms with Gasteiger partial charge in [-0.2, -0.15) is 11.8 Å². The van der Waals surface area contributed by atoms with Crippen LogP contribution in [0, 0.1) is 11.8 Å². The molecule has 2 nitrogen and oxygen atoms in total. The van der Waals surface area contributed by atoms with Gasteiger partial charge in [-0.1, -0.05) is 26.2 Å². The van der Waals surface area contributed by atoms with Crippen LogP contribution in [0.3, 0.4) is 0 Å². The Morgan fingerprint density at radius 2 is 1.95 bits per heavy atom. The third kappa shape index (κ3) is 3.05. The van der Waals surface area contributed by atoms with Gasteiger partial charge in [-0.15, -0.1) is 0 Å². The number of ether oxygens (including phenoxy) is 1. The van der Waals surface area contributed by atoms with Gasteiger partial charge < -0.3 is 10.5 Å². The minimum Gasteiger partial charge on any atom is -0.375 e. The molecule has 0 bridgehead atoms. The van der Waals surface area contributed by atoms with E-state index in [4.69, 9.17) is 10.5 Å². The van der Waals surface area contributed by atoms with Gasteiger partial charge in [0.15, 0.2) is 0 Å². The second-order valence-corrected chi connectivity index (χ2v) is 8.66. The van der Waals surface area contributed by atoms with Crippen molar-refractivity contribution in [2.45, 2.75) is 75.9 Å². The van der Waals surface area contributed by atoms with Crippen molar-refractivity contribution in [2.24, 2.45) is 17.6 Å². The van der Waals surface area contributed by atoms with E-state index in [0.717, 1.165) is 12.5 Å². The summed E-state index contributed by atoms with van der Waals surface area (Å²) in [5, 5.41) is 0. The minimum atomic E-state index is 0.111. The number of hydrogen-bond acceptors (Lipinski definition) is 3. The predicted molar refractivity (Wildman–Crippen MR) is 87.1 cm³/mol. The van der Waals surface area contributed by atoms with E-state index in [-0.39, 0.29) is 11.1 Å². The van der Waals surface area contributed by atoms with Gasteiger partial charge in [-0.25, -0.2) is 0 Å². The SMILES string of the molecule is CCC1CCCC(N)(C2CCOC3(CCSCC3)C2)C1. The lowest BCUT2D eigenvalue weighted by atomic mass is 9.64. The van der Waals surface area contributed by atoms with Crippen molar-refractivity contribution in [2.75, 3.05) is 18.1 Å². The molecule has 2 N–H and O–H groups in total. The molecule has 3 aliphatic rings. The zero-order valence-corrected chi connectivity index (χ0v) is 13.9. The molecule has 3 atom stereocenters. The fourth-order valence-corrected chi connectivity index (χ4v) is 6.03. The summed E-state index contributed by atoms with van der Waals surface area (Å²) < 4.78 is 6.26. The standard InChI is InChI=1S/C17H31NOS/c1-2-14-4-3-6-17(18,12-14)15-5-9-19-16(13-15)7-10-20-11-8-16/h14-15H,2-13,18H2,1H3. The van der Waals surface area contributed by atoms with Gasteiger partial charge in [0.2, 0.25) is 0 Å². The Morgan fingerprint density at radius 3 is 2.70 bits per heavy atom. The lowest BCUT2D eigenvalue weighted by Crippen LogP contribution is -2.56. The second kappa shape index (κ2) is 6.18. The highest BCUT2D eigenvalue weighted by Crippen LogP contribution is 2.47. The molecule has 0 aromatic heterocycles. The molecule has 3 heteroatoms. The number of rotatable bonds is 2. The Labute approximate surface area is 128 Å². The highest BCUT2D eigenvalue weighted by atomic mass is 32.2. The third-order valence-corrected chi connectivity index (χ3v) is 7.20. The Bertz CT molecular complexity index is 323. The van der Waals surface area contributed by atoms with E-state index in [1.54, 1.807) is 0 Å². The summed E-state index contributed by atoms with van der Waals surface area (Å²) in [5.74, 6) is 4.13. The van der Waals surface area contributed by atoms with Crippen LogP contribution in [0.2, 0.25) is 0 Å². The van der Waals surface area contributed by atoms with Crippen molar-refractivity contribution in [1.82, 2.24) is 0 Å². The summed E-state index contributed by atoms with van der Waals surface area (Å²) in [7, 11) is 0. The summed E-state index contributed by atoms with van der Waals surface area (Å²) in [6.07, 6.45) is 11.5. The molecule has 2 heterocycles. The van der Waals surface area contributed by atoms with Crippen LogP contribution in [0.5, 0.6) is 0 Å². The number of nitrogens with two attached hydrogens (primary N) is 1. The van der Waals surface area contributed by atoms with Crippen molar-refractivity contribution in [3.8, 4) is 0 Å². The molecule has 0 radical (unpaired) electrons. The third-order valence-electron chi connectivity index (χ3n) is 6.21. The zero-order chi connectivity index (χ0) is 14.1. The smallest absolute Gasteiger partial charge is 0.0701 e. The largest absolute Gasteiger partial charge is 0.375 e. The average Bonchev–Trinajstić information content (AvgIpc) is 2.48. The summed E-state index contributed by atoms with van der Waals surface area (Å²) in [5.41, 5.74) is 7.23. The average molecular weight is 298 g/mol. The summed E-state index contributed by atoms with van der Waals surface area (Å²) in [4.78, 5) is 0. The molecule has 116 valence electrons. The van der Waals surface area contributed by atoms with E-state index >= 15 is 0 Å². The van der Waals surface area contributed by atoms with E-state index in [9.17, 15) is 0 Å². The topological polar surface area (TPSA) is 35.2 Å². The van der Waals surface area contributed by atoms with Gasteiger partial charge in [0, 0.05) is 12.1 Å². The predicted octanol–water partition coefficient (Wildman–Crippen LogP) is 3.98. The van der Waals surface area contributed by atoms with E-state index in [1.807, 2.05) is 0 Å². The van der Waals surface area contributed by atoms with Crippen LogP contribution >= 0.6 is 11.8 Å². The van der Waals surface area contributed by atoms with Crippen LogP contribution in [-0.2, 0) is 4.74 Å². The molecule has 1 spiro atoms. The van der Waals surface area contributed by atoms with Gasteiger partial charge >= 0.3 is 0 Å². The summed E-state index contributed by atoms with van der Waals surface area (Å²) in [6, 6.07) is 0. The normalized spacial score (nSPS) is 41.7. The highest BCUT2D eigenvalue weighted by molar-refractivity contribution is 7.99. The molecular weight excluding hydrogens is 266 g/mol. The summed E-state index contributed by atoms with van der Waals surface area (Å²) >= 11 is 2.09. The van der Waals surface area contributed by atoms with E-state index < -0.39 is 0 Å². The van der Waals surface area contributed by atoms with Crippen molar-refractivity contribution in [3.63, 3.8) is 0 Å². The van der Waals surface area contributed by atoms with Crippen molar-refractivity contribution in [1.29, 1.82) is 0 Å². The molecule has 0 aromatic carbocycles. The van der Waals surface area contributed by atoms with Crippen LogP contribution in [0.15, 0.2) is 0 Å². The molecule has 1 saturated carbocycles. The van der Waals surface area contributed by atoms with E-state index in [1.165, 1.54) is 69.3 Å². The van der Waals surface area contributed by atoms with Crippen LogP contribution in [0.25, 0.3) is 0 Å². The van der Waals surface area contributed by atoms with Gasteiger partial charge in [-0.05, 0) is 61.9 Å². The molecule has 2 aliphatic heterocycles. The number of thioether (sulfide) groups is 1. The molecule has 3 fully saturated rings. The quantitative estimate of drug-likeness (QED) is 0.837. The second-order valence-electron chi connectivity index (χ2n) is 7.44. The summed E-state index contributed by atoms with van der Waals surface area (Å²) in [6.45, 7) is 3.28. The first kappa shape index (κ1) is 15.2. The zero-order valence-electron chi connectivity index (χ0n) is 13.0. The molecule has 0 amide bonds. The molecule has 2 saturated heterocycles. The Hall–Kier alpha value is 0.270. The first-order valence-electron chi connectivity index (χ1n) is 8.66. The molecular formula is C17H31NOS. The Kier molecular flexibility index (Phi) is 4.69. The molecule has 3 unspecified atom stereocenters. The molecule has 3 rings (SSSR count). The minimum absolute atomic E-state index is 0.111. The molecule has 0 aromatic rings. The fourth-order valence-electron chi connectivity index (χ4n) is 4.79. The van der Waals surface area contributed by atoms with Crippen molar-refractivity contribution in [3.05, 3.63) is 0 Å². The molecule has 1 aliphatic carbocycles. The van der Waals surface area contributed by atoms with Crippen LogP contribution in [-0.4, -0.2) is 29.3 Å². The van der Waals surface area contributed by atoms with Gasteiger partial charge in [0.25, 0.3) is 0 Å². The van der Waals surface area contributed by atoms with Crippen LogP contribution < -0.4 is 5.73 Å². The van der Waals surface area contributed by atoms with Crippen molar-refractivity contribution < 1.29 is 4.74 Å². The monoisotopic (exact) mass is 297 g/mol. The first-order valence-corrected chi connectivity index (χ1v) is 9.82. The maximum Gasteiger partial charge on any atom is 0.0701 e. The maximum atomic E-state index is 6.93. The van der Waals surface area contributed by atoms with Gasteiger partial charge in [-0.3, -0.25) is 0 Å². The number of hydrogen-bond donors (Lipinski definition) is 1. The van der Waals surface area contributed by atoms with Gasteiger partial charge in [0.1, 0.15) is 0 Å². The van der Waals surface area contributed by atoms with Crippen LogP contribution in [0.1, 0.15) is 64.7 Å². The lowest BCUT2D eigenvalue weighted by molar-refractivity contribution is -0.117.